The zero-order valence-electron chi connectivity index (χ0n) is 31.4. The van der Waals surface area contributed by atoms with Gasteiger partial charge in [-0.1, -0.05) is 68.4 Å². The third kappa shape index (κ3) is 16.3. The van der Waals surface area contributed by atoms with E-state index < -0.39 is 35.9 Å². The Morgan fingerprint density at radius 3 is 1.71 bits per heavy atom. The first-order valence-corrected chi connectivity index (χ1v) is 17.2. The highest BCUT2D eigenvalue weighted by atomic mass is 35.5. The summed E-state index contributed by atoms with van der Waals surface area (Å²) in [5.74, 6) is -2.36. The lowest BCUT2D eigenvalue weighted by Crippen LogP contribution is -2.35. The summed E-state index contributed by atoms with van der Waals surface area (Å²) < 4.78 is 26.4. The van der Waals surface area contributed by atoms with Gasteiger partial charge in [0.05, 0.1) is 17.2 Å². The number of carbonyl (C=O) groups excluding carboxylic acids is 5. The van der Waals surface area contributed by atoms with Crippen molar-refractivity contribution in [3.05, 3.63) is 125 Å². The fourth-order valence-electron chi connectivity index (χ4n) is 4.73. The SMILES string of the molecule is CC(C)OC(=O)[C@@H](N)Cc1ccc(OC(=O)c2ccccc2)c(OC(=O)c2ccccc2)c1.CCN(CC)CCOC(=O)c1ccccc1OC(C)=O.Cl.Cl. The van der Waals surface area contributed by atoms with Crippen molar-refractivity contribution in [1.82, 2.24) is 4.90 Å². The van der Waals surface area contributed by atoms with Gasteiger partial charge in [0.25, 0.3) is 0 Å². The van der Waals surface area contributed by atoms with E-state index in [0.29, 0.717) is 29.8 Å². The molecule has 0 bridgehead atoms. The zero-order chi connectivity index (χ0) is 38.8. The van der Waals surface area contributed by atoms with Crippen LogP contribution in [0.4, 0.5) is 0 Å². The maximum absolute atomic E-state index is 12.6. The first-order valence-electron chi connectivity index (χ1n) is 17.2. The Morgan fingerprint density at radius 2 is 1.18 bits per heavy atom. The van der Waals surface area contributed by atoms with Gasteiger partial charge in [-0.25, -0.2) is 14.4 Å². The summed E-state index contributed by atoms with van der Waals surface area (Å²) in [5, 5.41) is 0. The number of likely N-dealkylation sites (N-methyl/N-ethyl adjacent to an activating group) is 1. The molecule has 4 aromatic carbocycles. The minimum absolute atomic E-state index is 0. The van der Waals surface area contributed by atoms with E-state index in [-0.39, 0.29) is 60.2 Å². The second kappa shape index (κ2) is 24.9. The van der Waals surface area contributed by atoms with E-state index in [9.17, 15) is 24.0 Å². The number of nitrogens with two attached hydrogens (primary N) is 1. The van der Waals surface area contributed by atoms with E-state index in [1.54, 1.807) is 105 Å². The largest absolute Gasteiger partial charge is 0.462 e. The molecule has 4 rings (SSSR count). The molecule has 0 saturated carbocycles. The molecule has 0 unspecified atom stereocenters. The number of hydrogen-bond acceptors (Lipinski definition) is 12. The molecule has 0 aromatic heterocycles. The van der Waals surface area contributed by atoms with Gasteiger partial charge in [-0.15, -0.1) is 24.8 Å². The summed E-state index contributed by atoms with van der Waals surface area (Å²) in [6, 6.07) is 27.2. The molecule has 12 nitrogen and oxygen atoms in total. The Labute approximate surface area is 334 Å². The summed E-state index contributed by atoms with van der Waals surface area (Å²) in [4.78, 5) is 62.3. The first-order chi connectivity index (χ1) is 25.4. The summed E-state index contributed by atoms with van der Waals surface area (Å²) in [6.07, 6.45) is -0.139. The van der Waals surface area contributed by atoms with Crippen molar-refractivity contribution in [1.29, 1.82) is 0 Å². The topological polar surface area (TPSA) is 161 Å². The Hall–Kier alpha value is -5.27. The van der Waals surface area contributed by atoms with Crippen LogP contribution in [-0.2, 0) is 25.5 Å². The van der Waals surface area contributed by atoms with Gasteiger partial charge < -0.3 is 34.3 Å². The van der Waals surface area contributed by atoms with Crippen LogP contribution in [-0.4, -0.2) is 73.1 Å². The number of carbonyl (C=O) groups is 5. The summed E-state index contributed by atoms with van der Waals surface area (Å²) in [6.45, 7) is 11.7. The van der Waals surface area contributed by atoms with E-state index in [2.05, 4.69) is 18.7 Å². The van der Waals surface area contributed by atoms with Crippen LogP contribution < -0.4 is 19.9 Å². The van der Waals surface area contributed by atoms with Gasteiger partial charge in [0.15, 0.2) is 11.5 Å². The molecule has 55 heavy (non-hydrogen) atoms. The molecule has 14 heteroatoms. The summed E-state index contributed by atoms with van der Waals surface area (Å²) in [5.41, 5.74) is 7.52. The fraction of sp³-hybridized carbons (Fsp3) is 0.293. The smallest absolute Gasteiger partial charge is 0.343 e. The molecular formula is C41H48Cl2N2O10. The summed E-state index contributed by atoms with van der Waals surface area (Å²) in [7, 11) is 0. The second-order valence-corrected chi connectivity index (χ2v) is 11.8. The number of ether oxygens (including phenoxy) is 5. The molecule has 0 aliphatic carbocycles. The number of para-hydroxylation sites is 1. The number of hydrogen-bond donors (Lipinski definition) is 1. The second-order valence-electron chi connectivity index (χ2n) is 11.8. The molecule has 0 radical (unpaired) electrons. The Balaban J connectivity index is 0.000000595. The molecule has 0 heterocycles. The lowest BCUT2D eigenvalue weighted by Gasteiger charge is -2.17. The minimum Gasteiger partial charge on any atom is -0.462 e. The minimum atomic E-state index is -0.900. The molecule has 296 valence electrons. The van der Waals surface area contributed by atoms with Gasteiger partial charge in [0, 0.05) is 13.5 Å². The first kappa shape index (κ1) is 47.8. The van der Waals surface area contributed by atoms with E-state index in [4.69, 9.17) is 29.4 Å². The number of benzene rings is 4. The van der Waals surface area contributed by atoms with Crippen LogP contribution in [0, 0.1) is 0 Å². The van der Waals surface area contributed by atoms with Crippen molar-refractivity contribution in [3.63, 3.8) is 0 Å². The van der Waals surface area contributed by atoms with Crippen molar-refractivity contribution < 1.29 is 47.7 Å². The van der Waals surface area contributed by atoms with Crippen LogP contribution >= 0.6 is 24.8 Å². The number of rotatable bonds is 15. The highest BCUT2D eigenvalue weighted by Gasteiger charge is 2.21. The van der Waals surface area contributed by atoms with E-state index in [1.165, 1.54) is 19.1 Å². The van der Waals surface area contributed by atoms with Crippen LogP contribution in [0.1, 0.15) is 71.3 Å². The van der Waals surface area contributed by atoms with Crippen LogP contribution in [0.3, 0.4) is 0 Å². The van der Waals surface area contributed by atoms with Crippen molar-refractivity contribution in [2.24, 2.45) is 5.73 Å². The maximum Gasteiger partial charge on any atom is 0.343 e. The lowest BCUT2D eigenvalue weighted by atomic mass is 10.1. The van der Waals surface area contributed by atoms with Gasteiger partial charge >= 0.3 is 29.8 Å². The molecule has 4 aromatic rings. The molecule has 0 spiro atoms. The maximum atomic E-state index is 12.6. The van der Waals surface area contributed by atoms with Crippen molar-refractivity contribution in [2.75, 3.05) is 26.2 Å². The van der Waals surface area contributed by atoms with Crippen LogP contribution in [0.5, 0.6) is 17.2 Å². The molecule has 0 aliphatic rings. The lowest BCUT2D eigenvalue weighted by molar-refractivity contribution is -0.149. The Bertz CT molecular complexity index is 1820. The van der Waals surface area contributed by atoms with E-state index in [0.717, 1.165) is 13.1 Å². The predicted octanol–water partition coefficient (Wildman–Crippen LogP) is 6.90. The van der Waals surface area contributed by atoms with Gasteiger partial charge in [0.1, 0.15) is 24.0 Å². The monoisotopic (exact) mass is 798 g/mol. The highest BCUT2D eigenvalue weighted by Crippen LogP contribution is 2.31. The molecule has 0 fully saturated rings. The highest BCUT2D eigenvalue weighted by molar-refractivity contribution is 5.94. The van der Waals surface area contributed by atoms with Gasteiger partial charge in [0.2, 0.25) is 0 Å². The predicted molar refractivity (Wildman–Crippen MR) is 212 cm³/mol. The third-order valence-corrected chi connectivity index (χ3v) is 7.44. The van der Waals surface area contributed by atoms with Crippen LogP contribution in [0.25, 0.3) is 0 Å². The van der Waals surface area contributed by atoms with E-state index >= 15 is 0 Å². The van der Waals surface area contributed by atoms with E-state index in [1.807, 2.05) is 0 Å². The average Bonchev–Trinajstić information content (AvgIpc) is 3.15. The number of halogens is 2. The molecule has 0 amide bonds. The van der Waals surface area contributed by atoms with Crippen molar-refractivity contribution in [3.8, 4) is 17.2 Å². The van der Waals surface area contributed by atoms with Crippen LogP contribution in [0.15, 0.2) is 103 Å². The van der Waals surface area contributed by atoms with Crippen molar-refractivity contribution >= 4 is 54.7 Å². The molecular weight excluding hydrogens is 751 g/mol. The Morgan fingerprint density at radius 1 is 0.655 bits per heavy atom. The normalized spacial score (nSPS) is 10.7. The third-order valence-electron chi connectivity index (χ3n) is 7.44. The number of nitrogens with zero attached hydrogens (tertiary/aromatic N) is 1. The summed E-state index contributed by atoms with van der Waals surface area (Å²) >= 11 is 0. The molecule has 1 atom stereocenters. The van der Waals surface area contributed by atoms with Crippen LogP contribution in [0.2, 0.25) is 0 Å². The average molecular weight is 800 g/mol. The standard InChI is InChI=1S/C26H25NO6.C15H21NO4.2ClH/c1-17(2)31-26(30)21(27)15-18-13-14-22(32-24(28)19-9-5-3-6-10-19)23(16-18)33-25(29)20-11-7-4-8-12-20;1-4-16(5-2)10-11-19-15(18)13-8-6-7-9-14(13)20-12(3)17;;/h3-14,16-17,21H,15,27H2,1-2H3;6-9H,4-5,10-11H2,1-3H3;2*1H/t21-;;;/m0.../s1. The van der Waals surface area contributed by atoms with Crippen molar-refractivity contribution in [2.45, 2.75) is 53.2 Å². The van der Waals surface area contributed by atoms with Gasteiger partial charge in [-0.2, -0.15) is 0 Å². The van der Waals surface area contributed by atoms with Gasteiger partial charge in [-0.3, -0.25) is 9.59 Å². The molecule has 2 N–H and O–H groups in total. The van der Waals surface area contributed by atoms with Gasteiger partial charge in [-0.05, 0) is 87.5 Å². The molecule has 0 aliphatic heterocycles. The molecule has 0 saturated heterocycles. The zero-order valence-corrected chi connectivity index (χ0v) is 33.1. The Kier molecular flexibility index (Phi) is 21.6. The number of esters is 5. The fourth-order valence-corrected chi connectivity index (χ4v) is 4.73. The quantitative estimate of drug-likeness (QED) is 0.0980.